The monoisotopic (exact) mass is 317 g/mol. The summed E-state index contributed by atoms with van der Waals surface area (Å²) in [6.07, 6.45) is 2.03. The summed E-state index contributed by atoms with van der Waals surface area (Å²) in [6, 6.07) is 2.06. The molecule has 16 heavy (non-hydrogen) atoms. The Hall–Kier alpha value is -0.460. The van der Waals surface area contributed by atoms with Gasteiger partial charge in [-0.25, -0.2) is 0 Å². The summed E-state index contributed by atoms with van der Waals surface area (Å²) >= 11 is 10.5. The molecule has 0 radical (unpaired) electrons. The van der Waals surface area contributed by atoms with Crippen molar-refractivity contribution in [3.63, 3.8) is 0 Å². The van der Waals surface area contributed by atoms with Gasteiger partial charge < -0.3 is 0 Å². The summed E-state index contributed by atoms with van der Waals surface area (Å²) in [6.45, 7) is 2.94. The van der Waals surface area contributed by atoms with Gasteiger partial charge in [-0.3, -0.25) is 9.67 Å². The fraction of sp³-hybridized carbons (Fsp3) is 0.400. The van der Waals surface area contributed by atoms with Crippen LogP contribution in [0.25, 0.3) is 0 Å². The lowest BCUT2D eigenvalue weighted by molar-refractivity contribution is 0.704. The zero-order valence-electron chi connectivity index (χ0n) is 8.86. The van der Waals surface area contributed by atoms with Crippen LogP contribution in [0.15, 0.2) is 15.9 Å². The van der Waals surface area contributed by atoms with Crippen molar-refractivity contribution in [1.82, 2.24) is 14.8 Å². The molecule has 2 heterocycles. The molecule has 0 atom stereocenters. The Bertz CT molecular complexity index is 526. The van der Waals surface area contributed by atoms with Crippen LogP contribution < -0.4 is 0 Å². The van der Waals surface area contributed by atoms with Crippen molar-refractivity contribution < 1.29 is 0 Å². The number of thiophene rings is 1. The third-order valence-corrected chi connectivity index (χ3v) is 4.53. The van der Waals surface area contributed by atoms with E-state index in [1.54, 1.807) is 11.3 Å². The Kier molecular flexibility index (Phi) is 3.94. The van der Waals surface area contributed by atoms with Crippen LogP contribution in [0, 0.1) is 4.77 Å². The molecule has 0 saturated carbocycles. The molecule has 0 saturated heterocycles. The molecule has 0 spiro atoms. The number of aryl methyl sites for hydroxylation is 1. The Morgan fingerprint density at radius 1 is 1.62 bits per heavy atom. The van der Waals surface area contributed by atoms with Crippen molar-refractivity contribution in [3.8, 4) is 0 Å². The van der Waals surface area contributed by atoms with Gasteiger partial charge in [0, 0.05) is 15.8 Å². The van der Waals surface area contributed by atoms with Crippen LogP contribution in [0.2, 0.25) is 0 Å². The largest absolute Gasteiger partial charge is 0.299 e. The molecule has 2 aromatic heterocycles. The number of nitrogens with one attached hydrogen (secondary N) is 1. The molecule has 1 N–H and O–H groups in total. The molecule has 86 valence electrons. The standard InChI is InChI=1S/C10H12BrN3S2/c1-2-3-9-12-13-10(15)14(9)6-8-7(11)4-5-16-8/h4-5H,2-3,6H2,1H3,(H,13,15). The molecule has 0 aliphatic heterocycles. The van der Waals surface area contributed by atoms with E-state index >= 15 is 0 Å². The minimum absolute atomic E-state index is 0.698. The molecular formula is C10H12BrN3S2. The second-order valence-corrected chi connectivity index (χ2v) is 5.71. The van der Waals surface area contributed by atoms with Crippen LogP contribution in [0.1, 0.15) is 24.0 Å². The van der Waals surface area contributed by atoms with Gasteiger partial charge in [0.15, 0.2) is 4.77 Å². The molecule has 0 amide bonds. The molecule has 2 rings (SSSR count). The first-order chi connectivity index (χ1) is 7.72. The molecular weight excluding hydrogens is 306 g/mol. The highest BCUT2D eigenvalue weighted by Gasteiger charge is 2.08. The lowest BCUT2D eigenvalue weighted by Gasteiger charge is -2.04. The average Bonchev–Trinajstić information content (AvgIpc) is 2.80. The maximum atomic E-state index is 5.24. The average molecular weight is 318 g/mol. The quantitative estimate of drug-likeness (QED) is 0.871. The van der Waals surface area contributed by atoms with E-state index in [0.29, 0.717) is 4.77 Å². The number of halogens is 1. The predicted molar refractivity (Wildman–Crippen MR) is 72.5 cm³/mol. The van der Waals surface area contributed by atoms with Gasteiger partial charge in [0.1, 0.15) is 5.82 Å². The van der Waals surface area contributed by atoms with Gasteiger partial charge in [-0.05, 0) is 46.0 Å². The topological polar surface area (TPSA) is 33.6 Å². The van der Waals surface area contributed by atoms with Crippen LogP contribution in [-0.2, 0) is 13.0 Å². The lowest BCUT2D eigenvalue weighted by atomic mass is 10.3. The summed E-state index contributed by atoms with van der Waals surface area (Å²) in [5, 5.41) is 9.18. The molecule has 0 bridgehead atoms. The van der Waals surface area contributed by atoms with Crippen LogP contribution in [-0.4, -0.2) is 14.8 Å². The van der Waals surface area contributed by atoms with Crippen LogP contribution in [0.5, 0.6) is 0 Å². The van der Waals surface area contributed by atoms with Crippen molar-refractivity contribution in [3.05, 3.63) is 31.4 Å². The van der Waals surface area contributed by atoms with E-state index in [9.17, 15) is 0 Å². The van der Waals surface area contributed by atoms with Crippen LogP contribution in [0.3, 0.4) is 0 Å². The van der Waals surface area contributed by atoms with E-state index < -0.39 is 0 Å². The number of aromatic amines is 1. The molecule has 0 aliphatic carbocycles. The summed E-state index contributed by atoms with van der Waals surface area (Å²) in [5.41, 5.74) is 0. The first-order valence-corrected chi connectivity index (χ1v) is 7.16. The zero-order chi connectivity index (χ0) is 11.5. The molecule has 6 heteroatoms. The summed E-state index contributed by atoms with van der Waals surface area (Å²) in [7, 11) is 0. The number of rotatable bonds is 4. The number of H-pyrrole nitrogens is 1. The van der Waals surface area contributed by atoms with Gasteiger partial charge in [0.05, 0.1) is 6.54 Å². The highest BCUT2D eigenvalue weighted by molar-refractivity contribution is 9.10. The smallest absolute Gasteiger partial charge is 0.195 e. The minimum atomic E-state index is 0.698. The van der Waals surface area contributed by atoms with E-state index in [1.807, 2.05) is 0 Å². The zero-order valence-corrected chi connectivity index (χ0v) is 12.1. The van der Waals surface area contributed by atoms with Crippen molar-refractivity contribution >= 4 is 39.5 Å². The highest BCUT2D eigenvalue weighted by Crippen LogP contribution is 2.24. The molecule has 0 unspecified atom stereocenters. The van der Waals surface area contributed by atoms with Gasteiger partial charge in [0.2, 0.25) is 0 Å². The third kappa shape index (κ3) is 2.44. The Balaban J connectivity index is 2.30. The summed E-state index contributed by atoms with van der Waals surface area (Å²) in [5.74, 6) is 1.04. The first-order valence-electron chi connectivity index (χ1n) is 5.08. The molecule has 0 fully saturated rings. The van der Waals surface area contributed by atoms with Crippen LogP contribution >= 0.6 is 39.5 Å². The maximum Gasteiger partial charge on any atom is 0.195 e. The Morgan fingerprint density at radius 3 is 3.06 bits per heavy atom. The van der Waals surface area contributed by atoms with Crippen molar-refractivity contribution in [1.29, 1.82) is 0 Å². The Morgan fingerprint density at radius 2 is 2.44 bits per heavy atom. The van der Waals surface area contributed by atoms with E-state index in [1.165, 1.54) is 4.88 Å². The first kappa shape index (κ1) is 12.0. The fourth-order valence-electron chi connectivity index (χ4n) is 1.51. The SMILES string of the molecule is CCCc1n[nH]c(=S)n1Cc1sccc1Br. The van der Waals surface area contributed by atoms with E-state index in [-0.39, 0.29) is 0 Å². The number of hydrogen-bond donors (Lipinski definition) is 1. The molecule has 2 aromatic rings. The van der Waals surface area contributed by atoms with Crippen LogP contribution in [0.4, 0.5) is 0 Å². The lowest BCUT2D eigenvalue weighted by Crippen LogP contribution is -2.04. The minimum Gasteiger partial charge on any atom is -0.299 e. The van der Waals surface area contributed by atoms with Gasteiger partial charge >= 0.3 is 0 Å². The van der Waals surface area contributed by atoms with E-state index in [2.05, 4.69) is 49.1 Å². The second-order valence-electron chi connectivity index (χ2n) is 3.47. The van der Waals surface area contributed by atoms with Crippen molar-refractivity contribution in [2.75, 3.05) is 0 Å². The Labute approximate surface area is 112 Å². The number of aromatic nitrogens is 3. The second kappa shape index (κ2) is 5.25. The molecule has 0 aliphatic rings. The van der Waals surface area contributed by atoms with Gasteiger partial charge in [0.25, 0.3) is 0 Å². The van der Waals surface area contributed by atoms with Crippen molar-refractivity contribution in [2.45, 2.75) is 26.3 Å². The molecule has 0 aromatic carbocycles. The maximum absolute atomic E-state index is 5.24. The predicted octanol–water partition coefficient (Wildman–Crippen LogP) is 3.77. The van der Waals surface area contributed by atoms with Crippen molar-refractivity contribution in [2.24, 2.45) is 0 Å². The van der Waals surface area contributed by atoms with E-state index in [4.69, 9.17) is 12.2 Å². The third-order valence-electron chi connectivity index (χ3n) is 2.30. The van der Waals surface area contributed by atoms with Gasteiger partial charge in [-0.15, -0.1) is 11.3 Å². The number of hydrogen-bond acceptors (Lipinski definition) is 3. The normalized spacial score (nSPS) is 10.9. The van der Waals surface area contributed by atoms with E-state index in [0.717, 1.165) is 29.7 Å². The fourth-order valence-corrected chi connectivity index (χ4v) is 3.19. The summed E-state index contributed by atoms with van der Waals surface area (Å²) in [4.78, 5) is 1.27. The number of nitrogens with zero attached hydrogens (tertiary/aromatic N) is 2. The van der Waals surface area contributed by atoms with Gasteiger partial charge in [-0.1, -0.05) is 6.92 Å². The van der Waals surface area contributed by atoms with Gasteiger partial charge in [-0.2, -0.15) is 5.10 Å². The molecule has 3 nitrogen and oxygen atoms in total. The highest BCUT2D eigenvalue weighted by atomic mass is 79.9. The summed E-state index contributed by atoms with van der Waals surface area (Å²) < 4.78 is 3.90.